The zero-order chi connectivity index (χ0) is 13.3. The van der Waals surface area contributed by atoms with Crippen molar-refractivity contribution in [3.05, 3.63) is 35.6 Å². The summed E-state index contributed by atoms with van der Waals surface area (Å²) >= 11 is 1.86. The molecule has 5 heteroatoms. The van der Waals surface area contributed by atoms with E-state index in [4.69, 9.17) is 4.74 Å². The average molecular weight is 281 g/mol. The Labute approximate surface area is 116 Å². The normalized spacial score (nSPS) is 21.8. The third kappa shape index (κ3) is 2.62. The van der Waals surface area contributed by atoms with Gasteiger partial charge in [0, 0.05) is 37.2 Å². The molecule has 2 saturated heterocycles. The molecule has 0 unspecified atom stereocenters. The number of nitrogens with zero attached hydrogens (tertiary/aromatic N) is 1. The number of halogens is 1. The number of rotatable bonds is 1. The molecule has 2 fully saturated rings. The van der Waals surface area contributed by atoms with E-state index in [1.54, 1.807) is 17.0 Å². The molecule has 2 aliphatic heterocycles. The highest BCUT2D eigenvalue weighted by Crippen LogP contribution is 2.41. The lowest BCUT2D eigenvalue weighted by atomic mass is 10.1. The fourth-order valence-corrected chi connectivity index (χ4v) is 3.82. The van der Waals surface area contributed by atoms with Gasteiger partial charge in [0.1, 0.15) is 10.8 Å². The van der Waals surface area contributed by atoms with Crippen molar-refractivity contribution in [2.75, 3.05) is 25.4 Å². The van der Waals surface area contributed by atoms with E-state index in [1.807, 2.05) is 11.8 Å². The summed E-state index contributed by atoms with van der Waals surface area (Å²) in [5.74, 6) is 0.587. The van der Waals surface area contributed by atoms with E-state index in [0.29, 0.717) is 18.7 Å². The number of benzene rings is 1. The highest BCUT2D eigenvalue weighted by Gasteiger charge is 2.40. The van der Waals surface area contributed by atoms with Crippen molar-refractivity contribution in [2.24, 2.45) is 0 Å². The first-order chi connectivity index (χ1) is 9.19. The van der Waals surface area contributed by atoms with E-state index >= 15 is 0 Å². The molecular weight excluding hydrogens is 265 g/mol. The third-order valence-electron chi connectivity index (χ3n) is 3.70. The molecule has 102 valence electrons. The van der Waals surface area contributed by atoms with Crippen LogP contribution in [0.15, 0.2) is 24.3 Å². The van der Waals surface area contributed by atoms with Crippen LogP contribution in [0.3, 0.4) is 0 Å². The molecule has 3 nitrogen and oxygen atoms in total. The number of carbonyl (C=O) groups is 1. The Morgan fingerprint density at radius 3 is 2.79 bits per heavy atom. The molecule has 0 aliphatic carbocycles. The number of thioether (sulfide) groups is 1. The standard InChI is InChI=1S/C14H16FNO2S/c15-12-3-1-2-11(10-12)13(17)16-6-4-14(5-7-16)18-8-9-19-14/h1-3,10H,4-9H2. The van der Waals surface area contributed by atoms with Gasteiger partial charge in [-0.2, -0.15) is 0 Å². The van der Waals surface area contributed by atoms with Crippen molar-refractivity contribution < 1.29 is 13.9 Å². The molecule has 1 amide bonds. The Balaban J connectivity index is 1.66. The Hall–Kier alpha value is -1.07. The molecule has 0 atom stereocenters. The molecule has 0 N–H and O–H groups in total. The Kier molecular flexibility index (Phi) is 3.50. The summed E-state index contributed by atoms with van der Waals surface area (Å²) in [6.07, 6.45) is 1.72. The first kappa shape index (κ1) is 12.9. The highest BCUT2D eigenvalue weighted by atomic mass is 32.2. The number of carbonyl (C=O) groups excluding carboxylic acids is 1. The number of ether oxygens (including phenoxy) is 1. The number of amides is 1. The summed E-state index contributed by atoms with van der Waals surface area (Å²) in [6, 6.07) is 5.89. The molecule has 0 radical (unpaired) electrons. The van der Waals surface area contributed by atoms with Gasteiger partial charge in [-0.1, -0.05) is 6.07 Å². The van der Waals surface area contributed by atoms with Crippen molar-refractivity contribution in [1.82, 2.24) is 4.90 Å². The maximum Gasteiger partial charge on any atom is 0.253 e. The van der Waals surface area contributed by atoms with Gasteiger partial charge in [-0.05, 0) is 18.2 Å². The van der Waals surface area contributed by atoms with Crippen LogP contribution >= 0.6 is 11.8 Å². The molecule has 1 spiro atoms. The van der Waals surface area contributed by atoms with Gasteiger partial charge >= 0.3 is 0 Å². The van der Waals surface area contributed by atoms with Crippen LogP contribution in [0.2, 0.25) is 0 Å². The average Bonchev–Trinajstić information content (AvgIpc) is 2.87. The number of piperidine rings is 1. The van der Waals surface area contributed by atoms with E-state index in [2.05, 4.69) is 0 Å². The molecular formula is C14H16FNO2S. The van der Waals surface area contributed by atoms with Gasteiger partial charge in [-0.25, -0.2) is 4.39 Å². The Morgan fingerprint density at radius 2 is 2.16 bits per heavy atom. The highest BCUT2D eigenvalue weighted by molar-refractivity contribution is 8.00. The van der Waals surface area contributed by atoms with E-state index in [-0.39, 0.29) is 16.7 Å². The quantitative estimate of drug-likeness (QED) is 0.792. The molecule has 0 saturated carbocycles. The third-order valence-corrected chi connectivity index (χ3v) is 5.12. The fourth-order valence-electron chi connectivity index (χ4n) is 2.64. The lowest BCUT2D eigenvalue weighted by Crippen LogP contribution is -2.45. The van der Waals surface area contributed by atoms with Crippen LogP contribution in [0.5, 0.6) is 0 Å². The first-order valence-corrected chi connectivity index (χ1v) is 7.50. The van der Waals surface area contributed by atoms with Gasteiger partial charge in [0.2, 0.25) is 0 Å². The van der Waals surface area contributed by atoms with E-state index in [1.165, 1.54) is 12.1 Å². The molecule has 2 heterocycles. The Bertz CT molecular complexity index is 478. The molecule has 3 rings (SSSR count). The van der Waals surface area contributed by atoms with Crippen LogP contribution < -0.4 is 0 Å². The first-order valence-electron chi connectivity index (χ1n) is 6.51. The second-order valence-corrected chi connectivity index (χ2v) is 6.35. The summed E-state index contributed by atoms with van der Waals surface area (Å²) < 4.78 is 18.9. The van der Waals surface area contributed by atoms with Crippen LogP contribution in [0, 0.1) is 5.82 Å². The van der Waals surface area contributed by atoms with Crippen LogP contribution in [-0.4, -0.2) is 41.2 Å². The maximum atomic E-state index is 13.1. The number of likely N-dealkylation sites (tertiary alicyclic amines) is 1. The van der Waals surface area contributed by atoms with Gasteiger partial charge in [0.05, 0.1) is 6.61 Å². The summed E-state index contributed by atoms with van der Waals surface area (Å²) in [6.45, 7) is 2.17. The van der Waals surface area contributed by atoms with Gasteiger partial charge in [0.25, 0.3) is 5.91 Å². The van der Waals surface area contributed by atoms with Crippen molar-refractivity contribution in [3.8, 4) is 0 Å². The van der Waals surface area contributed by atoms with Gasteiger partial charge < -0.3 is 9.64 Å². The van der Waals surface area contributed by atoms with Crippen LogP contribution in [0.4, 0.5) is 4.39 Å². The molecule has 1 aromatic carbocycles. The lowest BCUT2D eigenvalue weighted by Gasteiger charge is -2.37. The minimum Gasteiger partial charge on any atom is -0.363 e. The number of hydrogen-bond acceptors (Lipinski definition) is 3. The van der Waals surface area contributed by atoms with Crippen molar-refractivity contribution >= 4 is 17.7 Å². The second kappa shape index (κ2) is 5.13. The van der Waals surface area contributed by atoms with Crippen LogP contribution in [-0.2, 0) is 4.74 Å². The molecule has 0 bridgehead atoms. The molecule has 2 aliphatic rings. The van der Waals surface area contributed by atoms with Gasteiger partial charge in [-0.15, -0.1) is 11.8 Å². The zero-order valence-electron chi connectivity index (χ0n) is 10.6. The molecule has 1 aromatic rings. The smallest absolute Gasteiger partial charge is 0.253 e. The number of hydrogen-bond donors (Lipinski definition) is 0. The second-order valence-electron chi connectivity index (χ2n) is 4.91. The van der Waals surface area contributed by atoms with Crippen molar-refractivity contribution in [1.29, 1.82) is 0 Å². The minimum absolute atomic E-state index is 0.0707. The van der Waals surface area contributed by atoms with E-state index < -0.39 is 0 Å². The zero-order valence-corrected chi connectivity index (χ0v) is 11.4. The lowest BCUT2D eigenvalue weighted by molar-refractivity contribution is 0.00351. The van der Waals surface area contributed by atoms with Crippen molar-refractivity contribution in [3.63, 3.8) is 0 Å². The fraction of sp³-hybridized carbons (Fsp3) is 0.500. The van der Waals surface area contributed by atoms with E-state index in [9.17, 15) is 9.18 Å². The predicted molar refractivity (Wildman–Crippen MR) is 72.7 cm³/mol. The predicted octanol–water partition coefficient (Wildman–Crippen LogP) is 2.52. The van der Waals surface area contributed by atoms with Gasteiger partial charge in [-0.3, -0.25) is 4.79 Å². The van der Waals surface area contributed by atoms with Crippen LogP contribution in [0.1, 0.15) is 23.2 Å². The Morgan fingerprint density at radius 1 is 1.37 bits per heavy atom. The monoisotopic (exact) mass is 281 g/mol. The molecule has 19 heavy (non-hydrogen) atoms. The van der Waals surface area contributed by atoms with Crippen LogP contribution in [0.25, 0.3) is 0 Å². The molecule has 0 aromatic heterocycles. The summed E-state index contributed by atoms with van der Waals surface area (Å²) in [5, 5.41) is 0. The summed E-state index contributed by atoms with van der Waals surface area (Å²) in [5.41, 5.74) is 0.427. The van der Waals surface area contributed by atoms with Crippen molar-refractivity contribution in [2.45, 2.75) is 17.8 Å². The maximum absolute atomic E-state index is 13.1. The van der Waals surface area contributed by atoms with Gasteiger partial charge in [0.15, 0.2) is 0 Å². The summed E-state index contributed by atoms with van der Waals surface area (Å²) in [4.78, 5) is 14.0. The largest absolute Gasteiger partial charge is 0.363 e. The SMILES string of the molecule is O=C(c1cccc(F)c1)N1CCC2(CC1)OCCS2. The topological polar surface area (TPSA) is 29.5 Å². The van der Waals surface area contributed by atoms with E-state index in [0.717, 1.165) is 25.2 Å². The summed E-state index contributed by atoms with van der Waals surface area (Å²) in [7, 11) is 0. The minimum atomic E-state index is -0.367.